The third-order valence-electron chi connectivity index (χ3n) is 2.90. The molecule has 4 nitrogen and oxygen atoms in total. The summed E-state index contributed by atoms with van der Waals surface area (Å²) in [6.07, 6.45) is 4.14. The second kappa shape index (κ2) is 6.20. The van der Waals surface area contributed by atoms with E-state index in [1.807, 2.05) is 18.2 Å². The molecule has 2 rings (SSSR count). The molecule has 1 N–H and O–H groups in total. The number of nitrogens with zero attached hydrogens (tertiary/aromatic N) is 1. The molecule has 0 atom stereocenters. The summed E-state index contributed by atoms with van der Waals surface area (Å²) in [5.74, 6) is 1.82. The number of hydrogen-bond donors (Lipinski definition) is 1. The van der Waals surface area contributed by atoms with E-state index in [2.05, 4.69) is 11.9 Å². The molecule has 0 aliphatic carbocycles. The molecule has 4 heteroatoms. The number of ether oxygens (including phenoxy) is 2. The van der Waals surface area contributed by atoms with Crippen molar-refractivity contribution in [2.45, 2.75) is 20.0 Å². The third-order valence-corrected chi connectivity index (χ3v) is 2.90. The number of benzene rings is 1. The van der Waals surface area contributed by atoms with E-state index in [1.165, 1.54) is 5.56 Å². The van der Waals surface area contributed by atoms with Crippen molar-refractivity contribution in [3.63, 3.8) is 0 Å². The first-order chi connectivity index (χ1) is 9.28. The fourth-order valence-corrected chi connectivity index (χ4v) is 1.77. The Kier molecular flexibility index (Phi) is 4.36. The van der Waals surface area contributed by atoms with Gasteiger partial charge in [0.15, 0.2) is 17.2 Å². The Morgan fingerprint density at radius 3 is 2.68 bits per heavy atom. The Morgan fingerprint density at radius 1 is 1.16 bits per heavy atom. The van der Waals surface area contributed by atoms with Crippen LogP contribution in [0.3, 0.4) is 0 Å². The van der Waals surface area contributed by atoms with Gasteiger partial charge in [0.1, 0.15) is 0 Å². The Hall–Kier alpha value is -2.07. The average Bonchev–Trinajstić information content (AvgIpc) is 2.48. The lowest BCUT2D eigenvalue weighted by Gasteiger charge is -2.13. The van der Waals surface area contributed by atoms with Crippen molar-refractivity contribution in [2.75, 3.05) is 7.11 Å². The molecular weight excluding hydrogens is 242 g/mol. The zero-order chi connectivity index (χ0) is 13.7. The molecule has 0 saturated carbocycles. The van der Waals surface area contributed by atoms with Crippen molar-refractivity contribution in [3.05, 3.63) is 47.8 Å². The van der Waals surface area contributed by atoms with Crippen LogP contribution in [0, 0.1) is 0 Å². The summed E-state index contributed by atoms with van der Waals surface area (Å²) in [7, 11) is 1.61. The van der Waals surface area contributed by atoms with Crippen LogP contribution in [-0.2, 0) is 13.0 Å². The van der Waals surface area contributed by atoms with E-state index in [1.54, 1.807) is 25.6 Å². The quantitative estimate of drug-likeness (QED) is 0.897. The van der Waals surface area contributed by atoms with E-state index >= 15 is 0 Å². The molecule has 1 aromatic carbocycles. The highest BCUT2D eigenvalue weighted by atomic mass is 16.5. The molecule has 0 aliphatic rings. The molecule has 2 aromatic rings. The lowest BCUT2D eigenvalue weighted by molar-refractivity contribution is 0.275. The monoisotopic (exact) mass is 259 g/mol. The predicted octanol–water partition coefficient (Wildman–Crippen LogP) is 2.94. The average molecular weight is 259 g/mol. The van der Waals surface area contributed by atoms with Crippen molar-refractivity contribution in [3.8, 4) is 17.2 Å². The molecule has 0 bridgehead atoms. The molecule has 0 radical (unpaired) electrons. The van der Waals surface area contributed by atoms with Crippen LogP contribution in [-0.4, -0.2) is 17.2 Å². The van der Waals surface area contributed by atoms with Gasteiger partial charge in [0.25, 0.3) is 0 Å². The number of rotatable bonds is 5. The largest absolute Gasteiger partial charge is 0.493 e. The minimum atomic E-state index is -0.0901. The predicted molar refractivity (Wildman–Crippen MR) is 72.6 cm³/mol. The van der Waals surface area contributed by atoms with Crippen molar-refractivity contribution in [1.82, 2.24) is 4.98 Å². The Morgan fingerprint density at radius 2 is 2.00 bits per heavy atom. The summed E-state index contributed by atoms with van der Waals surface area (Å²) in [5.41, 5.74) is 1.87. The zero-order valence-corrected chi connectivity index (χ0v) is 11.1. The number of methoxy groups -OCH3 is 1. The van der Waals surface area contributed by atoms with Gasteiger partial charge in [-0.3, -0.25) is 4.98 Å². The number of aryl methyl sites for hydroxylation is 1. The maximum atomic E-state index is 9.27. The highest BCUT2D eigenvalue weighted by Crippen LogP contribution is 2.33. The Labute approximate surface area is 112 Å². The van der Waals surface area contributed by atoms with Gasteiger partial charge in [-0.2, -0.15) is 0 Å². The number of aliphatic hydroxyl groups is 1. The Balaban J connectivity index is 2.32. The van der Waals surface area contributed by atoms with Gasteiger partial charge in [-0.1, -0.05) is 13.0 Å². The Bertz CT molecular complexity index is 555. The lowest BCUT2D eigenvalue weighted by Crippen LogP contribution is -1.95. The van der Waals surface area contributed by atoms with Gasteiger partial charge in [-0.15, -0.1) is 0 Å². The SMILES string of the molecule is CCc1ccc(Oc2cnccc2CO)c(OC)c1. The molecule has 0 unspecified atom stereocenters. The van der Waals surface area contributed by atoms with Gasteiger partial charge in [0, 0.05) is 11.8 Å². The second-order valence-corrected chi connectivity index (χ2v) is 4.08. The van der Waals surface area contributed by atoms with Gasteiger partial charge in [0.05, 0.1) is 19.9 Å². The minimum absolute atomic E-state index is 0.0901. The maximum Gasteiger partial charge on any atom is 0.169 e. The minimum Gasteiger partial charge on any atom is -0.493 e. The van der Waals surface area contributed by atoms with Crippen LogP contribution in [0.15, 0.2) is 36.7 Å². The summed E-state index contributed by atoms with van der Waals surface area (Å²) >= 11 is 0. The topological polar surface area (TPSA) is 51.6 Å². The summed E-state index contributed by atoms with van der Waals surface area (Å²) in [6, 6.07) is 7.53. The van der Waals surface area contributed by atoms with Crippen LogP contribution in [0.4, 0.5) is 0 Å². The molecule has 19 heavy (non-hydrogen) atoms. The van der Waals surface area contributed by atoms with E-state index in [4.69, 9.17) is 9.47 Å². The van der Waals surface area contributed by atoms with Crippen molar-refractivity contribution < 1.29 is 14.6 Å². The summed E-state index contributed by atoms with van der Waals surface area (Å²) in [5, 5.41) is 9.27. The molecule has 0 aliphatic heterocycles. The van der Waals surface area contributed by atoms with E-state index in [0.717, 1.165) is 6.42 Å². The van der Waals surface area contributed by atoms with Gasteiger partial charge < -0.3 is 14.6 Å². The van der Waals surface area contributed by atoms with Crippen molar-refractivity contribution >= 4 is 0 Å². The van der Waals surface area contributed by atoms with E-state index in [0.29, 0.717) is 22.8 Å². The molecule has 0 spiro atoms. The first-order valence-corrected chi connectivity index (χ1v) is 6.17. The molecule has 100 valence electrons. The van der Waals surface area contributed by atoms with Gasteiger partial charge in [0.2, 0.25) is 0 Å². The molecule has 0 amide bonds. The standard InChI is InChI=1S/C15H17NO3/c1-3-11-4-5-13(14(8-11)18-2)19-15-9-16-7-6-12(15)10-17/h4-9,17H,3,10H2,1-2H3. The van der Waals surface area contributed by atoms with Crippen molar-refractivity contribution in [2.24, 2.45) is 0 Å². The van der Waals surface area contributed by atoms with Crippen LogP contribution in [0.5, 0.6) is 17.2 Å². The fraction of sp³-hybridized carbons (Fsp3) is 0.267. The maximum absolute atomic E-state index is 9.27. The van der Waals surface area contributed by atoms with Crippen LogP contribution in [0.25, 0.3) is 0 Å². The fourth-order valence-electron chi connectivity index (χ4n) is 1.77. The molecule has 0 saturated heterocycles. The first kappa shape index (κ1) is 13.4. The highest BCUT2D eigenvalue weighted by molar-refractivity contribution is 5.46. The van der Waals surface area contributed by atoms with Crippen LogP contribution in [0.2, 0.25) is 0 Å². The number of pyridine rings is 1. The third kappa shape index (κ3) is 3.03. The van der Waals surface area contributed by atoms with E-state index in [-0.39, 0.29) is 6.61 Å². The van der Waals surface area contributed by atoms with Crippen LogP contribution in [0.1, 0.15) is 18.1 Å². The van der Waals surface area contributed by atoms with Crippen molar-refractivity contribution in [1.29, 1.82) is 0 Å². The van der Waals surface area contributed by atoms with E-state index < -0.39 is 0 Å². The zero-order valence-electron chi connectivity index (χ0n) is 11.1. The first-order valence-electron chi connectivity index (χ1n) is 6.17. The van der Waals surface area contributed by atoms with Gasteiger partial charge in [-0.05, 0) is 30.2 Å². The second-order valence-electron chi connectivity index (χ2n) is 4.08. The van der Waals surface area contributed by atoms with Crippen LogP contribution < -0.4 is 9.47 Å². The molecular formula is C15H17NO3. The van der Waals surface area contributed by atoms with Crippen LogP contribution >= 0.6 is 0 Å². The molecule has 1 heterocycles. The number of aromatic nitrogens is 1. The normalized spacial score (nSPS) is 10.3. The number of hydrogen-bond acceptors (Lipinski definition) is 4. The van der Waals surface area contributed by atoms with Gasteiger partial charge in [-0.25, -0.2) is 0 Å². The number of aliphatic hydroxyl groups excluding tert-OH is 1. The summed E-state index contributed by atoms with van der Waals surface area (Å²) in [4.78, 5) is 4.00. The van der Waals surface area contributed by atoms with Gasteiger partial charge >= 0.3 is 0 Å². The summed E-state index contributed by atoms with van der Waals surface area (Å²) in [6.45, 7) is 1.99. The highest BCUT2D eigenvalue weighted by Gasteiger charge is 2.09. The molecule has 0 fully saturated rings. The summed E-state index contributed by atoms with van der Waals surface area (Å²) < 4.78 is 11.1. The molecule has 1 aromatic heterocycles. The lowest BCUT2D eigenvalue weighted by atomic mass is 10.1. The smallest absolute Gasteiger partial charge is 0.169 e. The van der Waals surface area contributed by atoms with E-state index in [9.17, 15) is 5.11 Å².